The highest BCUT2D eigenvalue weighted by molar-refractivity contribution is 5.86. The molecular formula is C5H6N4O2. The molecular weight excluding hydrogens is 148 g/mol. The van der Waals surface area contributed by atoms with E-state index in [1.54, 1.807) is 0 Å². The molecule has 1 aromatic rings. The predicted molar refractivity (Wildman–Crippen MR) is 35.9 cm³/mol. The molecule has 1 heterocycles. The second kappa shape index (κ2) is 2.93. The summed E-state index contributed by atoms with van der Waals surface area (Å²) in [5.74, 6) is 0.000000000000000444. The summed E-state index contributed by atoms with van der Waals surface area (Å²) in [5.41, 5.74) is 4.74. The Morgan fingerprint density at radius 1 is 1.73 bits per heavy atom. The highest BCUT2D eigenvalue weighted by atomic mass is 16.5. The molecule has 0 fully saturated rings. The molecule has 1 rings (SSSR count). The number of carbonyl (C=O) groups excluding carboxylic acids is 1. The zero-order valence-electron chi connectivity index (χ0n) is 5.51. The number of aromatic nitrogens is 2. The van der Waals surface area contributed by atoms with Gasteiger partial charge in [-0.15, -0.1) is 5.10 Å². The van der Waals surface area contributed by atoms with Crippen LogP contribution in [0.5, 0.6) is 0 Å². The first-order chi connectivity index (χ1) is 5.22. The largest absolute Gasteiger partial charge is 0.349 e. The zero-order valence-corrected chi connectivity index (χ0v) is 5.51. The third kappa shape index (κ3) is 1.62. The minimum Gasteiger partial charge on any atom is -0.349 e. The molecule has 0 atom stereocenters. The van der Waals surface area contributed by atoms with Crippen molar-refractivity contribution < 1.29 is 10.0 Å². The average Bonchev–Trinajstić information content (AvgIpc) is 2.05. The maximum Gasteiger partial charge on any atom is 0.344 e. The van der Waals surface area contributed by atoms with Gasteiger partial charge in [-0.05, 0) is 12.1 Å². The lowest BCUT2D eigenvalue weighted by Crippen LogP contribution is -2.33. The third-order valence-corrected chi connectivity index (χ3v) is 0.984. The van der Waals surface area contributed by atoms with Crippen molar-refractivity contribution in [3.63, 3.8) is 0 Å². The number of hydrogen-bond acceptors (Lipinski definition) is 4. The normalized spacial score (nSPS) is 9.18. The van der Waals surface area contributed by atoms with E-state index in [0.29, 0.717) is 0 Å². The van der Waals surface area contributed by atoms with Gasteiger partial charge in [0.05, 0.1) is 0 Å². The molecule has 0 saturated heterocycles. The van der Waals surface area contributed by atoms with Crippen LogP contribution in [0.2, 0.25) is 0 Å². The molecule has 0 aliphatic heterocycles. The zero-order chi connectivity index (χ0) is 8.27. The van der Waals surface area contributed by atoms with Crippen molar-refractivity contribution in [2.75, 3.05) is 5.06 Å². The van der Waals surface area contributed by atoms with E-state index in [9.17, 15) is 4.79 Å². The van der Waals surface area contributed by atoms with Gasteiger partial charge >= 0.3 is 6.03 Å². The Labute approximate surface area is 62.2 Å². The molecule has 3 N–H and O–H groups in total. The molecule has 1 aromatic heterocycles. The second-order valence-electron chi connectivity index (χ2n) is 1.73. The van der Waals surface area contributed by atoms with Crippen LogP contribution in [-0.2, 0) is 0 Å². The monoisotopic (exact) mass is 154 g/mol. The molecule has 6 nitrogen and oxygen atoms in total. The summed E-state index contributed by atoms with van der Waals surface area (Å²) in [6.07, 6.45) is 1.42. The fourth-order valence-electron chi connectivity index (χ4n) is 0.519. The van der Waals surface area contributed by atoms with Crippen LogP contribution in [0.3, 0.4) is 0 Å². The quantitative estimate of drug-likeness (QED) is 0.431. The van der Waals surface area contributed by atoms with Crippen molar-refractivity contribution in [1.82, 2.24) is 10.2 Å². The van der Waals surface area contributed by atoms with Gasteiger partial charge in [0.25, 0.3) is 0 Å². The molecule has 0 spiro atoms. The molecule has 58 valence electrons. The van der Waals surface area contributed by atoms with Crippen LogP contribution in [0.15, 0.2) is 18.3 Å². The molecule has 0 aliphatic carbocycles. The number of nitrogens with zero attached hydrogens (tertiary/aromatic N) is 3. The Balaban J connectivity index is 2.85. The lowest BCUT2D eigenvalue weighted by molar-refractivity contribution is 0.211. The second-order valence-corrected chi connectivity index (χ2v) is 1.73. The van der Waals surface area contributed by atoms with Crippen LogP contribution in [0.1, 0.15) is 0 Å². The summed E-state index contributed by atoms with van der Waals surface area (Å²) in [5, 5.41) is 15.9. The van der Waals surface area contributed by atoms with Crippen LogP contribution < -0.4 is 10.8 Å². The standard InChI is InChI=1S/C5H6N4O2/c6-5(10)9(11)4-2-1-3-7-8-4/h1-3,11H,(H2,6,10). The number of carbonyl (C=O) groups is 1. The summed E-state index contributed by atoms with van der Waals surface area (Å²) in [6.45, 7) is 0. The molecule has 0 aromatic carbocycles. The molecule has 0 saturated carbocycles. The summed E-state index contributed by atoms with van der Waals surface area (Å²) < 4.78 is 0. The Morgan fingerprint density at radius 2 is 2.45 bits per heavy atom. The maximum absolute atomic E-state index is 10.3. The van der Waals surface area contributed by atoms with Crippen LogP contribution >= 0.6 is 0 Å². The first-order valence-corrected chi connectivity index (χ1v) is 2.78. The van der Waals surface area contributed by atoms with E-state index in [2.05, 4.69) is 10.2 Å². The van der Waals surface area contributed by atoms with E-state index in [4.69, 9.17) is 10.9 Å². The van der Waals surface area contributed by atoms with Gasteiger partial charge in [-0.2, -0.15) is 10.2 Å². The molecule has 0 unspecified atom stereocenters. The Morgan fingerprint density at radius 3 is 2.91 bits per heavy atom. The molecule has 0 radical (unpaired) electrons. The lowest BCUT2D eigenvalue weighted by Gasteiger charge is -2.07. The molecule has 11 heavy (non-hydrogen) atoms. The van der Waals surface area contributed by atoms with Crippen molar-refractivity contribution in [2.45, 2.75) is 0 Å². The first-order valence-electron chi connectivity index (χ1n) is 2.78. The van der Waals surface area contributed by atoms with E-state index >= 15 is 0 Å². The molecule has 2 amide bonds. The van der Waals surface area contributed by atoms with Gasteiger partial charge in [0, 0.05) is 6.20 Å². The van der Waals surface area contributed by atoms with E-state index in [-0.39, 0.29) is 10.9 Å². The van der Waals surface area contributed by atoms with Gasteiger partial charge < -0.3 is 5.73 Å². The molecule has 0 aliphatic rings. The summed E-state index contributed by atoms with van der Waals surface area (Å²) in [4.78, 5) is 10.3. The predicted octanol–water partition coefficient (Wildman–Crippen LogP) is -0.249. The number of rotatable bonds is 1. The highest BCUT2D eigenvalue weighted by Gasteiger charge is 2.08. The third-order valence-electron chi connectivity index (χ3n) is 0.984. The topological polar surface area (TPSA) is 92.3 Å². The Kier molecular flexibility index (Phi) is 1.98. The van der Waals surface area contributed by atoms with E-state index in [0.717, 1.165) is 0 Å². The van der Waals surface area contributed by atoms with E-state index < -0.39 is 6.03 Å². The number of urea groups is 1. The first kappa shape index (κ1) is 7.42. The Bertz CT molecular complexity index is 250. The number of anilines is 1. The van der Waals surface area contributed by atoms with Gasteiger partial charge in [-0.25, -0.2) is 4.79 Å². The van der Waals surface area contributed by atoms with Gasteiger partial charge in [0.15, 0.2) is 5.82 Å². The van der Waals surface area contributed by atoms with Crippen LogP contribution in [0.4, 0.5) is 10.6 Å². The fourth-order valence-corrected chi connectivity index (χ4v) is 0.519. The average molecular weight is 154 g/mol. The number of hydroxylamine groups is 1. The van der Waals surface area contributed by atoms with Crippen molar-refractivity contribution in [1.29, 1.82) is 0 Å². The van der Waals surface area contributed by atoms with E-state index in [1.807, 2.05) is 0 Å². The van der Waals surface area contributed by atoms with Crippen molar-refractivity contribution in [3.8, 4) is 0 Å². The summed E-state index contributed by atoms with van der Waals surface area (Å²) in [6, 6.07) is 1.93. The lowest BCUT2D eigenvalue weighted by atomic mass is 10.5. The van der Waals surface area contributed by atoms with Gasteiger partial charge in [0.1, 0.15) is 0 Å². The van der Waals surface area contributed by atoms with Crippen LogP contribution in [-0.4, -0.2) is 21.4 Å². The van der Waals surface area contributed by atoms with Crippen LogP contribution in [0, 0.1) is 0 Å². The van der Waals surface area contributed by atoms with Crippen molar-refractivity contribution in [2.24, 2.45) is 5.73 Å². The number of nitrogens with two attached hydrogens (primary N) is 1. The minimum atomic E-state index is -0.995. The highest BCUT2D eigenvalue weighted by Crippen LogP contribution is 2.02. The number of hydrogen-bond donors (Lipinski definition) is 2. The van der Waals surface area contributed by atoms with Crippen molar-refractivity contribution >= 4 is 11.8 Å². The SMILES string of the molecule is NC(=O)N(O)c1cccnn1. The Hall–Kier alpha value is -1.69. The maximum atomic E-state index is 10.3. The summed E-state index contributed by atoms with van der Waals surface area (Å²) in [7, 11) is 0. The van der Waals surface area contributed by atoms with E-state index in [1.165, 1.54) is 18.3 Å². The van der Waals surface area contributed by atoms with Gasteiger partial charge in [-0.3, -0.25) is 5.21 Å². The van der Waals surface area contributed by atoms with Crippen molar-refractivity contribution in [3.05, 3.63) is 18.3 Å². The number of primary amides is 1. The fraction of sp³-hybridized carbons (Fsp3) is 0. The van der Waals surface area contributed by atoms with Crippen LogP contribution in [0.25, 0.3) is 0 Å². The van der Waals surface area contributed by atoms with Gasteiger partial charge in [0.2, 0.25) is 0 Å². The summed E-state index contributed by atoms with van der Waals surface area (Å²) >= 11 is 0. The number of amides is 2. The smallest absolute Gasteiger partial charge is 0.344 e. The molecule has 6 heteroatoms. The van der Waals surface area contributed by atoms with Gasteiger partial charge in [-0.1, -0.05) is 0 Å². The molecule has 0 bridgehead atoms. The minimum absolute atomic E-state index is 0.000000000000000444.